The van der Waals surface area contributed by atoms with Crippen molar-refractivity contribution in [1.82, 2.24) is 0 Å². The molecule has 0 N–H and O–H groups in total. The van der Waals surface area contributed by atoms with Crippen molar-refractivity contribution in [2.75, 3.05) is 7.11 Å². The molecule has 17 heavy (non-hydrogen) atoms. The lowest BCUT2D eigenvalue weighted by Crippen LogP contribution is -2.09. The zero-order chi connectivity index (χ0) is 12.6. The van der Waals surface area contributed by atoms with E-state index in [0.29, 0.717) is 12.8 Å². The molecule has 0 saturated heterocycles. The maximum absolute atomic E-state index is 13.4. The molecule has 0 aliphatic heterocycles. The average molecular weight is 243 g/mol. The van der Waals surface area contributed by atoms with E-state index in [0.717, 1.165) is 13.2 Å². The molecule has 90 valence electrons. The molecule has 0 amide bonds. The van der Waals surface area contributed by atoms with Gasteiger partial charge in [0.2, 0.25) is 11.9 Å². The number of hydrogen-bond acceptors (Lipinski definition) is 3. The highest BCUT2D eigenvalue weighted by atomic mass is 19.2. The molecular formula is C11H8F3NO2. The lowest BCUT2D eigenvalue weighted by atomic mass is 10.0. The van der Waals surface area contributed by atoms with Crippen LogP contribution in [0.2, 0.25) is 0 Å². The first kappa shape index (κ1) is 11.7. The molecule has 3 nitrogen and oxygen atoms in total. The predicted octanol–water partition coefficient (Wildman–Crippen LogP) is 2.44. The summed E-state index contributed by atoms with van der Waals surface area (Å²) in [7, 11) is 1.14. The Morgan fingerprint density at radius 2 is 2.00 bits per heavy atom. The van der Waals surface area contributed by atoms with E-state index in [-0.39, 0.29) is 5.56 Å². The Labute approximate surface area is 94.9 Å². The summed E-state index contributed by atoms with van der Waals surface area (Å²) in [5.74, 6) is -4.75. The monoisotopic (exact) mass is 243 g/mol. The highest BCUT2D eigenvalue weighted by molar-refractivity contribution is 5.48. The number of carbonyl (C=O) groups excluding carboxylic acids is 1. The quantitative estimate of drug-likeness (QED) is 0.464. The first-order valence-corrected chi connectivity index (χ1v) is 4.87. The summed E-state index contributed by atoms with van der Waals surface area (Å²) in [6.45, 7) is 0. The van der Waals surface area contributed by atoms with Crippen LogP contribution in [0.4, 0.5) is 13.2 Å². The smallest absolute Gasteiger partial charge is 0.235 e. The second-order valence-corrected chi connectivity index (χ2v) is 3.80. The minimum atomic E-state index is -1.60. The van der Waals surface area contributed by atoms with Crippen LogP contribution in [0.1, 0.15) is 18.4 Å². The molecule has 0 bridgehead atoms. The molecule has 6 heteroatoms. The van der Waals surface area contributed by atoms with Gasteiger partial charge in [-0.1, -0.05) is 0 Å². The van der Waals surface area contributed by atoms with E-state index in [9.17, 15) is 18.0 Å². The van der Waals surface area contributed by atoms with Gasteiger partial charge in [0, 0.05) is 5.56 Å². The van der Waals surface area contributed by atoms with Crippen LogP contribution in [0.3, 0.4) is 0 Å². The number of aliphatic imine (C=N–C) groups is 1. The fourth-order valence-corrected chi connectivity index (χ4v) is 1.77. The second kappa shape index (κ2) is 3.89. The third-order valence-electron chi connectivity index (χ3n) is 2.81. The molecule has 1 aromatic rings. The predicted molar refractivity (Wildman–Crippen MR) is 51.9 cm³/mol. The van der Waals surface area contributed by atoms with Crippen LogP contribution in [0.15, 0.2) is 11.1 Å². The van der Waals surface area contributed by atoms with Crippen molar-refractivity contribution in [3.63, 3.8) is 0 Å². The van der Waals surface area contributed by atoms with Gasteiger partial charge in [0.1, 0.15) is 5.54 Å². The Hall–Kier alpha value is -1.81. The van der Waals surface area contributed by atoms with Gasteiger partial charge in [-0.3, -0.25) is 0 Å². The molecule has 0 atom stereocenters. The summed E-state index contributed by atoms with van der Waals surface area (Å²) in [5, 5.41) is 0. The number of methoxy groups -OCH3 is 1. The van der Waals surface area contributed by atoms with E-state index >= 15 is 0 Å². The van der Waals surface area contributed by atoms with Gasteiger partial charge in [-0.25, -0.2) is 13.6 Å². The van der Waals surface area contributed by atoms with Crippen LogP contribution < -0.4 is 4.74 Å². The largest absolute Gasteiger partial charge is 0.493 e. The fraction of sp³-hybridized carbons (Fsp3) is 0.364. The molecule has 2 rings (SSSR count). The van der Waals surface area contributed by atoms with Gasteiger partial charge >= 0.3 is 0 Å². The van der Waals surface area contributed by atoms with Crippen molar-refractivity contribution >= 4 is 6.08 Å². The number of hydrogen-bond donors (Lipinski definition) is 0. The number of halogens is 3. The Bertz CT molecular complexity index is 520. The molecule has 0 heterocycles. The van der Waals surface area contributed by atoms with Crippen molar-refractivity contribution in [1.29, 1.82) is 0 Å². The Morgan fingerprint density at radius 3 is 2.47 bits per heavy atom. The van der Waals surface area contributed by atoms with Crippen LogP contribution in [0.5, 0.6) is 5.75 Å². The highest BCUT2D eigenvalue weighted by Gasteiger charge is 2.48. The SMILES string of the molecule is COc1c(C2(N=C=O)CC2)cc(F)c(F)c1F. The first-order valence-electron chi connectivity index (χ1n) is 4.87. The van der Waals surface area contributed by atoms with E-state index in [1.165, 1.54) is 6.08 Å². The number of ether oxygens (including phenoxy) is 1. The van der Waals surface area contributed by atoms with Gasteiger partial charge in [0.25, 0.3) is 0 Å². The van der Waals surface area contributed by atoms with E-state index in [2.05, 4.69) is 4.99 Å². The number of nitrogens with zero attached hydrogens (tertiary/aromatic N) is 1. The summed E-state index contributed by atoms with van der Waals surface area (Å²) in [5.41, 5.74) is -0.970. The highest BCUT2D eigenvalue weighted by Crippen LogP contribution is 2.53. The van der Waals surface area contributed by atoms with Gasteiger partial charge < -0.3 is 4.74 Å². The maximum Gasteiger partial charge on any atom is 0.235 e. The molecule has 0 radical (unpaired) electrons. The number of isocyanates is 1. The Balaban J connectivity index is 2.66. The van der Waals surface area contributed by atoms with Crippen molar-refractivity contribution in [3.05, 3.63) is 29.1 Å². The van der Waals surface area contributed by atoms with E-state index in [4.69, 9.17) is 4.74 Å². The van der Waals surface area contributed by atoms with Crippen LogP contribution in [0, 0.1) is 17.5 Å². The van der Waals surface area contributed by atoms with Crippen molar-refractivity contribution < 1.29 is 22.7 Å². The summed E-state index contributed by atoms with van der Waals surface area (Å²) in [6, 6.07) is 0.811. The number of benzene rings is 1. The second-order valence-electron chi connectivity index (χ2n) is 3.80. The standard InChI is InChI=1S/C11H8F3NO2/c1-17-10-6(11(2-3-11)15-5-16)4-7(12)8(13)9(10)14/h4H,2-3H2,1H3. The summed E-state index contributed by atoms with van der Waals surface area (Å²) < 4.78 is 44.3. The van der Waals surface area contributed by atoms with Gasteiger partial charge in [0.15, 0.2) is 17.4 Å². The fourth-order valence-electron chi connectivity index (χ4n) is 1.77. The molecular weight excluding hydrogens is 235 g/mol. The lowest BCUT2D eigenvalue weighted by molar-refractivity contribution is 0.351. The third-order valence-corrected chi connectivity index (χ3v) is 2.81. The third kappa shape index (κ3) is 1.70. The molecule has 1 fully saturated rings. The molecule has 1 aliphatic rings. The molecule has 0 aromatic heterocycles. The minimum Gasteiger partial charge on any atom is -0.493 e. The molecule has 0 spiro atoms. The summed E-state index contributed by atoms with van der Waals surface area (Å²) >= 11 is 0. The minimum absolute atomic E-state index is 0.0414. The molecule has 1 aromatic carbocycles. The van der Waals surface area contributed by atoms with Gasteiger partial charge in [0.05, 0.1) is 7.11 Å². The maximum atomic E-state index is 13.4. The number of rotatable bonds is 3. The molecule has 1 saturated carbocycles. The van der Waals surface area contributed by atoms with Gasteiger partial charge in [-0.2, -0.15) is 9.38 Å². The zero-order valence-corrected chi connectivity index (χ0v) is 8.89. The van der Waals surface area contributed by atoms with Crippen molar-refractivity contribution in [2.45, 2.75) is 18.4 Å². The van der Waals surface area contributed by atoms with Crippen LogP contribution in [-0.2, 0) is 10.3 Å². The topological polar surface area (TPSA) is 38.7 Å². The van der Waals surface area contributed by atoms with Crippen LogP contribution >= 0.6 is 0 Å². The van der Waals surface area contributed by atoms with Gasteiger partial charge in [-0.15, -0.1) is 0 Å². The lowest BCUT2D eigenvalue weighted by Gasteiger charge is -2.14. The van der Waals surface area contributed by atoms with Crippen molar-refractivity contribution in [2.24, 2.45) is 4.99 Å². The Kier molecular flexibility index (Phi) is 2.67. The van der Waals surface area contributed by atoms with E-state index in [1.807, 2.05) is 0 Å². The average Bonchev–Trinajstić information content (AvgIpc) is 3.07. The normalized spacial score (nSPS) is 16.2. The van der Waals surface area contributed by atoms with E-state index in [1.54, 1.807) is 0 Å². The Morgan fingerprint density at radius 1 is 1.35 bits per heavy atom. The molecule has 0 unspecified atom stereocenters. The van der Waals surface area contributed by atoms with Crippen molar-refractivity contribution in [3.8, 4) is 5.75 Å². The molecule has 1 aliphatic carbocycles. The van der Waals surface area contributed by atoms with Crippen LogP contribution in [0.25, 0.3) is 0 Å². The first-order chi connectivity index (χ1) is 8.05. The summed E-state index contributed by atoms with van der Waals surface area (Å²) in [6.07, 6.45) is 2.25. The summed E-state index contributed by atoms with van der Waals surface area (Å²) in [4.78, 5) is 13.8. The van der Waals surface area contributed by atoms with Gasteiger partial charge in [-0.05, 0) is 18.9 Å². The van der Waals surface area contributed by atoms with Crippen LogP contribution in [-0.4, -0.2) is 13.2 Å². The van der Waals surface area contributed by atoms with E-state index < -0.39 is 28.7 Å². The zero-order valence-electron chi connectivity index (χ0n) is 8.89.